The Bertz CT molecular complexity index is 936. The van der Waals surface area contributed by atoms with Crippen LogP contribution in [0.2, 0.25) is 0 Å². The maximum absolute atomic E-state index is 13.0. The van der Waals surface area contributed by atoms with E-state index in [0.717, 1.165) is 18.7 Å². The number of fused-ring (bicyclic) bond motifs is 1. The molecule has 0 atom stereocenters. The molecule has 136 valence electrons. The number of nitrogens with zero attached hydrogens (tertiary/aromatic N) is 6. The molecule has 0 aromatic carbocycles. The number of aryl methyl sites for hydroxylation is 1. The van der Waals surface area contributed by atoms with Gasteiger partial charge in [0.1, 0.15) is 5.69 Å². The van der Waals surface area contributed by atoms with Gasteiger partial charge in [-0.1, -0.05) is 19.0 Å². The Labute approximate surface area is 151 Å². The number of carbonyl (C=O) groups is 1. The molecule has 26 heavy (non-hydrogen) atoms. The molecule has 3 aromatic rings. The van der Waals surface area contributed by atoms with Crippen molar-refractivity contribution in [3.8, 4) is 0 Å². The fraction of sp³-hybridized carbons (Fsp3) is 0.500. The van der Waals surface area contributed by atoms with Gasteiger partial charge >= 0.3 is 0 Å². The Kier molecular flexibility index (Phi) is 4.18. The summed E-state index contributed by atoms with van der Waals surface area (Å²) in [7, 11) is 0. The van der Waals surface area contributed by atoms with Crippen LogP contribution < -0.4 is 0 Å². The van der Waals surface area contributed by atoms with Crippen LogP contribution in [-0.2, 0) is 0 Å². The quantitative estimate of drug-likeness (QED) is 0.718. The summed E-state index contributed by atoms with van der Waals surface area (Å²) in [5.74, 6) is 2.44. The van der Waals surface area contributed by atoms with Crippen molar-refractivity contribution in [2.75, 3.05) is 13.1 Å². The highest BCUT2D eigenvalue weighted by atomic mass is 16.5. The highest BCUT2D eigenvalue weighted by molar-refractivity contribution is 5.94. The molecule has 3 aromatic heterocycles. The average molecular weight is 354 g/mol. The number of amides is 1. The lowest BCUT2D eigenvalue weighted by atomic mass is 9.96. The van der Waals surface area contributed by atoms with Gasteiger partial charge in [0, 0.05) is 37.3 Å². The van der Waals surface area contributed by atoms with Gasteiger partial charge in [0.05, 0.1) is 5.69 Å². The van der Waals surface area contributed by atoms with Crippen LogP contribution >= 0.6 is 0 Å². The van der Waals surface area contributed by atoms with Gasteiger partial charge in [-0.05, 0) is 25.8 Å². The first kappa shape index (κ1) is 16.7. The van der Waals surface area contributed by atoms with Crippen LogP contribution in [0.5, 0.6) is 0 Å². The van der Waals surface area contributed by atoms with Gasteiger partial charge in [-0.3, -0.25) is 9.20 Å². The van der Waals surface area contributed by atoms with Gasteiger partial charge in [-0.2, -0.15) is 4.98 Å². The Morgan fingerprint density at radius 3 is 2.73 bits per heavy atom. The predicted molar refractivity (Wildman–Crippen MR) is 94.0 cm³/mol. The molecule has 0 bridgehead atoms. The molecule has 0 radical (unpaired) electrons. The minimum Gasteiger partial charge on any atom is -0.339 e. The second-order valence-corrected chi connectivity index (χ2v) is 7.05. The van der Waals surface area contributed by atoms with Crippen molar-refractivity contribution in [1.82, 2.24) is 29.4 Å². The summed E-state index contributed by atoms with van der Waals surface area (Å²) in [4.78, 5) is 28.0. The van der Waals surface area contributed by atoms with E-state index in [1.165, 1.54) is 0 Å². The van der Waals surface area contributed by atoms with Crippen LogP contribution in [-0.4, -0.2) is 48.4 Å². The third-order valence-corrected chi connectivity index (χ3v) is 4.89. The zero-order valence-corrected chi connectivity index (χ0v) is 15.2. The predicted octanol–water partition coefficient (Wildman–Crippen LogP) is 2.56. The van der Waals surface area contributed by atoms with E-state index in [1.807, 2.05) is 31.9 Å². The summed E-state index contributed by atoms with van der Waals surface area (Å²) >= 11 is 0. The molecule has 0 aliphatic carbocycles. The van der Waals surface area contributed by atoms with Gasteiger partial charge < -0.3 is 9.42 Å². The Hall–Kier alpha value is -2.77. The first-order valence-corrected chi connectivity index (χ1v) is 8.97. The highest BCUT2D eigenvalue weighted by Gasteiger charge is 2.30. The standard InChI is InChI=1S/C18H22N6O2/c1-11(2)15-21-16(26-22-15)13-5-9-23(10-6-13)17(25)14-12(3)20-18-19-7-4-8-24(14)18/h4,7-8,11,13H,5-6,9-10H2,1-3H3. The van der Waals surface area contributed by atoms with E-state index in [4.69, 9.17) is 4.52 Å². The summed E-state index contributed by atoms with van der Waals surface area (Å²) in [5, 5.41) is 4.05. The SMILES string of the molecule is Cc1nc2ncccn2c1C(=O)N1CCC(c2nc(C(C)C)no2)CC1. The summed E-state index contributed by atoms with van der Waals surface area (Å²) < 4.78 is 7.18. The maximum Gasteiger partial charge on any atom is 0.272 e. The Balaban J connectivity index is 1.48. The van der Waals surface area contributed by atoms with Crippen molar-refractivity contribution in [1.29, 1.82) is 0 Å². The second-order valence-electron chi connectivity index (χ2n) is 7.05. The number of rotatable bonds is 3. The summed E-state index contributed by atoms with van der Waals surface area (Å²) in [6.45, 7) is 7.26. The molecule has 4 rings (SSSR count). The van der Waals surface area contributed by atoms with Gasteiger partial charge in [-0.25, -0.2) is 9.97 Å². The Morgan fingerprint density at radius 2 is 2.04 bits per heavy atom. The molecule has 0 N–H and O–H groups in total. The number of hydrogen-bond acceptors (Lipinski definition) is 6. The van der Waals surface area contributed by atoms with E-state index in [0.29, 0.717) is 36.1 Å². The molecule has 0 spiro atoms. The number of piperidine rings is 1. The molecule has 4 heterocycles. The molecule has 1 fully saturated rings. The molecule has 1 amide bonds. The van der Waals surface area contributed by atoms with Crippen molar-refractivity contribution in [3.63, 3.8) is 0 Å². The van der Waals surface area contributed by atoms with Crippen molar-refractivity contribution >= 4 is 11.7 Å². The van der Waals surface area contributed by atoms with Crippen molar-refractivity contribution in [2.24, 2.45) is 0 Å². The average Bonchev–Trinajstić information content (AvgIpc) is 3.25. The van der Waals surface area contributed by atoms with Crippen molar-refractivity contribution in [3.05, 3.63) is 41.6 Å². The number of imidazole rings is 1. The largest absolute Gasteiger partial charge is 0.339 e. The molecule has 1 aliphatic rings. The van der Waals surface area contributed by atoms with Gasteiger partial charge in [-0.15, -0.1) is 0 Å². The fourth-order valence-corrected chi connectivity index (χ4v) is 3.38. The highest BCUT2D eigenvalue weighted by Crippen LogP contribution is 2.28. The Morgan fingerprint density at radius 1 is 1.27 bits per heavy atom. The molecule has 1 saturated heterocycles. The summed E-state index contributed by atoms with van der Waals surface area (Å²) in [5.41, 5.74) is 1.29. The smallest absolute Gasteiger partial charge is 0.272 e. The van der Waals surface area contributed by atoms with E-state index in [1.54, 1.807) is 16.7 Å². The van der Waals surface area contributed by atoms with Gasteiger partial charge in [0.15, 0.2) is 5.82 Å². The lowest BCUT2D eigenvalue weighted by Crippen LogP contribution is -2.38. The maximum atomic E-state index is 13.0. The zero-order valence-electron chi connectivity index (χ0n) is 15.2. The molecule has 0 unspecified atom stereocenters. The van der Waals surface area contributed by atoms with Crippen LogP contribution in [0.1, 0.15) is 66.4 Å². The minimum atomic E-state index is -0.00477. The van der Waals surface area contributed by atoms with E-state index in [9.17, 15) is 4.79 Å². The topological polar surface area (TPSA) is 89.4 Å². The van der Waals surface area contributed by atoms with Crippen LogP contribution in [0.4, 0.5) is 0 Å². The normalized spacial score (nSPS) is 15.9. The first-order chi connectivity index (χ1) is 12.5. The molecule has 1 aliphatic heterocycles. The monoisotopic (exact) mass is 354 g/mol. The van der Waals surface area contributed by atoms with Crippen molar-refractivity contribution < 1.29 is 9.32 Å². The van der Waals surface area contributed by atoms with E-state index in [-0.39, 0.29) is 17.7 Å². The van der Waals surface area contributed by atoms with E-state index >= 15 is 0 Å². The third-order valence-electron chi connectivity index (χ3n) is 4.89. The van der Waals surface area contributed by atoms with Crippen LogP contribution in [0.3, 0.4) is 0 Å². The van der Waals surface area contributed by atoms with Gasteiger partial charge in [0.2, 0.25) is 11.7 Å². The molecular formula is C18H22N6O2. The van der Waals surface area contributed by atoms with Crippen molar-refractivity contribution in [2.45, 2.75) is 45.4 Å². The molecule has 8 heteroatoms. The van der Waals surface area contributed by atoms with E-state index in [2.05, 4.69) is 20.1 Å². The minimum absolute atomic E-state index is 0.00477. The number of aromatic nitrogens is 5. The van der Waals surface area contributed by atoms with Crippen LogP contribution in [0.25, 0.3) is 5.78 Å². The second kappa shape index (κ2) is 6.51. The molecule has 8 nitrogen and oxygen atoms in total. The van der Waals surface area contributed by atoms with Crippen LogP contribution in [0.15, 0.2) is 23.0 Å². The zero-order chi connectivity index (χ0) is 18.3. The lowest BCUT2D eigenvalue weighted by Gasteiger charge is -2.30. The number of likely N-dealkylation sites (tertiary alicyclic amines) is 1. The summed E-state index contributed by atoms with van der Waals surface area (Å²) in [6, 6.07) is 1.80. The lowest BCUT2D eigenvalue weighted by molar-refractivity contribution is 0.0696. The van der Waals surface area contributed by atoms with E-state index < -0.39 is 0 Å². The van der Waals surface area contributed by atoms with Gasteiger partial charge in [0.25, 0.3) is 5.91 Å². The molecular weight excluding hydrogens is 332 g/mol. The molecule has 0 saturated carbocycles. The fourth-order valence-electron chi connectivity index (χ4n) is 3.38. The number of carbonyl (C=O) groups excluding carboxylic acids is 1. The van der Waals surface area contributed by atoms with Crippen LogP contribution in [0, 0.1) is 6.92 Å². The summed E-state index contributed by atoms with van der Waals surface area (Å²) in [6.07, 6.45) is 5.14. The third kappa shape index (κ3) is 2.85. The first-order valence-electron chi connectivity index (χ1n) is 8.97. The number of hydrogen-bond donors (Lipinski definition) is 0.